The van der Waals surface area contributed by atoms with E-state index < -0.39 is 18.0 Å². The van der Waals surface area contributed by atoms with Gasteiger partial charge in [0.25, 0.3) is 0 Å². The Morgan fingerprint density at radius 1 is 0.931 bits per heavy atom. The van der Waals surface area contributed by atoms with Crippen LogP contribution in [0.25, 0.3) is 0 Å². The van der Waals surface area contributed by atoms with Crippen molar-refractivity contribution in [2.75, 3.05) is 6.61 Å². The summed E-state index contributed by atoms with van der Waals surface area (Å²) < 4.78 is 5.32. The quantitative estimate of drug-likeness (QED) is 0.665. The van der Waals surface area contributed by atoms with Crippen LogP contribution in [0.5, 0.6) is 5.75 Å². The lowest BCUT2D eigenvalue weighted by molar-refractivity contribution is -0.148. The monoisotopic (exact) mass is 398 g/mol. The fraction of sp³-hybridized carbons (Fsp3) is 0.480. The van der Waals surface area contributed by atoms with Crippen LogP contribution >= 0.6 is 0 Å². The predicted octanol–water partition coefficient (Wildman–Crippen LogP) is 5.37. The molecular formula is C25H34O4. The Hall–Kier alpha value is -2.33. The molecule has 0 heterocycles. The van der Waals surface area contributed by atoms with Gasteiger partial charge < -0.3 is 14.9 Å². The summed E-state index contributed by atoms with van der Waals surface area (Å²) in [6, 6.07) is 12.8. The number of phenolic OH excluding ortho intramolecular Hbond substituents is 1. The van der Waals surface area contributed by atoms with Crippen LogP contribution in [0.4, 0.5) is 0 Å². The third-order valence-corrected chi connectivity index (χ3v) is 5.10. The molecule has 0 fully saturated rings. The summed E-state index contributed by atoms with van der Waals surface area (Å²) >= 11 is 0. The van der Waals surface area contributed by atoms with Gasteiger partial charge in [-0.15, -0.1) is 0 Å². The second kappa shape index (κ2) is 8.58. The van der Waals surface area contributed by atoms with Gasteiger partial charge in [0, 0.05) is 0 Å². The lowest BCUT2D eigenvalue weighted by Crippen LogP contribution is -2.25. The molecule has 2 aromatic carbocycles. The number of ether oxygens (including phenoxy) is 1. The van der Waals surface area contributed by atoms with E-state index in [1.807, 2.05) is 71.9 Å². The van der Waals surface area contributed by atoms with Gasteiger partial charge in [-0.05, 0) is 40.0 Å². The van der Waals surface area contributed by atoms with Crippen molar-refractivity contribution >= 4 is 5.97 Å². The van der Waals surface area contributed by atoms with E-state index in [1.54, 1.807) is 19.1 Å². The number of aliphatic hydroxyl groups is 1. The number of hydrogen-bond acceptors (Lipinski definition) is 4. The van der Waals surface area contributed by atoms with Crippen molar-refractivity contribution in [3.63, 3.8) is 0 Å². The van der Waals surface area contributed by atoms with Crippen molar-refractivity contribution in [1.29, 1.82) is 0 Å². The fourth-order valence-electron chi connectivity index (χ4n) is 3.50. The first kappa shape index (κ1) is 23.0. The molecule has 2 aromatic rings. The van der Waals surface area contributed by atoms with Crippen molar-refractivity contribution in [1.82, 2.24) is 0 Å². The second-order valence-corrected chi connectivity index (χ2v) is 9.55. The van der Waals surface area contributed by atoms with E-state index in [9.17, 15) is 15.0 Å². The van der Waals surface area contributed by atoms with Gasteiger partial charge in [0.05, 0.1) is 12.7 Å². The number of carbonyl (C=O) groups is 1. The Bertz CT molecular complexity index is 806. The molecule has 0 aliphatic heterocycles. The van der Waals surface area contributed by atoms with Crippen LogP contribution in [0.1, 0.15) is 82.7 Å². The molecule has 158 valence electrons. The van der Waals surface area contributed by atoms with Crippen LogP contribution in [-0.4, -0.2) is 22.8 Å². The zero-order chi connectivity index (χ0) is 22.0. The van der Waals surface area contributed by atoms with E-state index in [4.69, 9.17) is 4.74 Å². The summed E-state index contributed by atoms with van der Waals surface area (Å²) in [4.78, 5) is 12.9. The number of carbonyl (C=O) groups excluding carboxylic acids is 1. The van der Waals surface area contributed by atoms with Gasteiger partial charge in [-0.1, -0.05) is 84.0 Å². The second-order valence-electron chi connectivity index (χ2n) is 9.55. The number of hydrogen-bond donors (Lipinski definition) is 2. The minimum absolute atomic E-state index is 0.229. The lowest BCUT2D eigenvalue weighted by Gasteiger charge is -2.30. The molecule has 0 aliphatic carbocycles. The highest BCUT2D eigenvalue weighted by molar-refractivity contribution is 5.80. The average molecular weight is 399 g/mol. The highest BCUT2D eigenvalue weighted by atomic mass is 16.5. The third kappa shape index (κ3) is 5.18. The van der Waals surface area contributed by atoms with Gasteiger partial charge in [-0.25, -0.2) is 0 Å². The van der Waals surface area contributed by atoms with E-state index in [1.165, 1.54) is 0 Å². The van der Waals surface area contributed by atoms with Crippen molar-refractivity contribution in [3.8, 4) is 5.75 Å². The minimum atomic E-state index is -1.06. The number of phenols is 1. The number of aliphatic hydroxyl groups excluding tert-OH is 1. The van der Waals surface area contributed by atoms with Crippen LogP contribution in [-0.2, 0) is 20.4 Å². The van der Waals surface area contributed by atoms with E-state index in [0.717, 1.165) is 11.1 Å². The largest absolute Gasteiger partial charge is 0.507 e. The van der Waals surface area contributed by atoms with Gasteiger partial charge >= 0.3 is 5.97 Å². The Balaban J connectivity index is 2.74. The van der Waals surface area contributed by atoms with Gasteiger partial charge in [0.15, 0.2) is 0 Å². The van der Waals surface area contributed by atoms with Crippen LogP contribution in [0, 0.1) is 0 Å². The van der Waals surface area contributed by atoms with E-state index in [-0.39, 0.29) is 23.2 Å². The molecule has 4 nitrogen and oxygen atoms in total. The van der Waals surface area contributed by atoms with E-state index >= 15 is 0 Å². The molecule has 2 rings (SSSR count). The first-order chi connectivity index (χ1) is 13.4. The van der Waals surface area contributed by atoms with Crippen molar-refractivity contribution in [2.24, 2.45) is 0 Å². The molecule has 0 radical (unpaired) electrons. The topological polar surface area (TPSA) is 66.8 Å². The summed E-state index contributed by atoms with van der Waals surface area (Å²) in [6.45, 7) is 14.1. The number of esters is 1. The zero-order valence-corrected chi connectivity index (χ0v) is 18.6. The summed E-state index contributed by atoms with van der Waals surface area (Å²) in [5, 5.41) is 22.1. The Morgan fingerprint density at radius 2 is 1.41 bits per heavy atom. The zero-order valence-electron chi connectivity index (χ0n) is 18.6. The Labute approximate surface area is 174 Å². The first-order valence-corrected chi connectivity index (χ1v) is 10.2. The molecule has 4 heteroatoms. The third-order valence-electron chi connectivity index (χ3n) is 5.10. The highest BCUT2D eigenvalue weighted by Crippen LogP contribution is 2.43. The smallest absolute Gasteiger partial charge is 0.316 e. The van der Waals surface area contributed by atoms with E-state index in [2.05, 4.69) is 0 Å². The molecule has 0 bridgehead atoms. The predicted molar refractivity (Wildman–Crippen MR) is 116 cm³/mol. The average Bonchev–Trinajstić information content (AvgIpc) is 2.62. The normalized spacial score (nSPS) is 14.3. The van der Waals surface area contributed by atoms with Gasteiger partial charge in [-0.3, -0.25) is 4.79 Å². The maximum atomic E-state index is 12.9. The molecule has 0 saturated carbocycles. The fourth-order valence-corrected chi connectivity index (χ4v) is 3.50. The summed E-state index contributed by atoms with van der Waals surface area (Å²) in [5.74, 6) is -1.13. The van der Waals surface area contributed by atoms with E-state index in [0.29, 0.717) is 11.1 Å². The lowest BCUT2D eigenvalue weighted by atomic mass is 9.76. The summed E-state index contributed by atoms with van der Waals surface area (Å²) in [5.41, 5.74) is 2.11. The maximum Gasteiger partial charge on any atom is 0.316 e. The van der Waals surface area contributed by atoms with Crippen LogP contribution in [0.3, 0.4) is 0 Å². The molecule has 2 N–H and O–H groups in total. The van der Waals surface area contributed by atoms with Gasteiger partial charge in [0.1, 0.15) is 11.7 Å². The molecule has 2 atom stereocenters. The van der Waals surface area contributed by atoms with Gasteiger partial charge in [-0.2, -0.15) is 0 Å². The molecule has 0 unspecified atom stereocenters. The van der Waals surface area contributed by atoms with Crippen molar-refractivity contribution in [3.05, 3.63) is 64.7 Å². The molecule has 0 aromatic heterocycles. The summed E-state index contributed by atoms with van der Waals surface area (Å²) in [6.07, 6.45) is -1.06. The Kier molecular flexibility index (Phi) is 6.79. The molecule has 0 aliphatic rings. The standard InChI is InChI=1S/C25H34O4/c1-8-29-23(28)20(21(26)16-12-10-9-11-13-16)17-14-18(24(2,3)4)22(27)19(15-17)25(5,6)7/h9-15,20-21,26-27H,8H2,1-7H3/t20-,21-/m0/s1. The number of rotatable bonds is 5. The van der Waals surface area contributed by atoms with Crippen LogP contribution < -0.4 is 0 Å². The Morgan fingerprint density at radius 3 is 1.83 bits per heavy atom. The SMILES string of the molecule is CCOC(=O)[C@@H](c1cc(C(C)(C)C)c(O)c(C(C)(C)C)c1)[C@@H](O)c1ccccc1. The molecule has 0 saturated heterocycles. The number of benzene rings is 2. The first-order valence-electron chi connectivity index (χ1n) is 10.2. The van der Waals surface area contributed by atoms with Crippen LogP contribution in [0.2, 0.25) is 0 Å². The molecule has 29 heavy (non-hydrogen) atoms. The maximum absolute atomic E-state index is 12.9. The molecule has 0 amide bonds. The number of aromatic hydroxyl groups is 1. The highest BCUT2D eigenvalue weighted by Gasteiger charge is 2.35. The molecular weight excluding hydrogens is 364 g/mol. The van der Waals surface area contributed by atoms with Crippen molar-refractivity contribution in [2.45, 2.75) is 71.3 Å². The molecule has 0 spiro atoms. The summed E-state index contributed by atoms with van der Waals surface area (Å²) in [7, 11) is 0. The van der Waals surface area contributed by atoms with Crippen LogP contribution in [0.15, 0.2) is 42.5 Å². The van der Waals surface area contributed by atoms with Crippen molar-refractivity contribution < 1.29 is 19.7 Å². The minimum Gasteiger partial charge on any atom is -0.507 e. The van der Waals surface area contributed by atoms with Gasteiger partial charge in [0.2, 0.25) is 0 Å².